The first kappa shape index (κ1) is 15.0. The molecule has 20 heavy (non-hydrogen) atoms. The molecule has 0 amide bonds. The summed E-state index contributed by atoms with van der Waals surface area (Å²) in [6, 6.07) is 4.79. The van der Waals surface area contributed by atoms with Crippen LogP contribution >= 0.6 is 11.6 Å². The van der Waals surface area contributed by atoms with Crippen LogP contribution in [0.25, 0.3) is 0 Å². The number of benzene rings is 1. The fourth-order valence-corrected chi connectivity index (χ4v) is 2.70. The number of Topliss-reactive ketones (excluding diaryl/α,β-unsaturated/α-hetero) is 1. The molecule has 1 fully saturated rings. The zero-order valence-corrected chi connectivity index (χ0v) is 12.2. The summed E-state index contributed by atoms with van der Waals surface area (Å²) >= 11 is 5.94. The number of halogens is 1. The molecule has 0 saturated carbocycles. The van der Waals surface area contributed by atoms with Crippen molar-refractivity contribution in [2.24, 2.45) is 0 Å². The van der Waals surface area contributed by atoms with Crippen molar-refractivity contribution in [3.63, 3.8) is 0 Å². The smallest absolute Gasteiger partial charge is 0.320 e. The van der Waals surface area contributed by atoms with Gasteiger partial charge in [0.1, 0.15) is 6.04 Å². The molecule has 0 aromatic heterocycles. The van der Waals surface area contributed by atoms with E-state index < -0.39 is 12.0 Å². The van der Waals surface area contributed by atoms with Gasteiger partial charge in [-0.05, 0) is 50.1 Å². The van der Waals surface area contributed by atoms with E-state index in [1.54, 1.807) is 18.2 Å². The number of carbonyl (C=O) groups excluding carboxylic acids is 1. The highest BCUT2D eigenvalue weighted by Crippen LogP contribution is 2.20. The number of carboxylic acids is 1. The van der Waals surface area contributed by atoms with Gasteiger partial charge in [-0.1, -0.05) is 11.6 Å². The molecule has 0 spiro atoms. The number of hydrogen-bond acceptors (Lipinski definition) is 3. The van der Waals surface area contributed by atoms with E-state index in [-0.39, 0.29) is 5.78 Å². The van der Waals surface area contributed by atoms with Gasteiger partial charge < -0.3 is 5.11 Å². The number of nitrogens with zero attached hydrogens (tertiary/aromatic N) is 1. The maximum atomic E-state index is 12.1. The SMILES string of the molecule is Cc1cc(C(=O)CCN2CCCC2C(=O)O)ccc1Cl. The highest BCUT2D eigenvalue weighted by atomic mass is 35.5. The highest BCUT2D eigenvalue weighted by molar-refractivity contribution is 6.31. The molecular formula is C15H18ClNO3. The van der Waals surface area contributed by atoms with Gasteiger partial charge in [-0.3, -0.25) is 14.5 Å². The summed E-state index contributed by atoms with van der Waals surface area (Å²) in [5.74, 6) is -0.766. The van der Waals surface area contributed by atoms with Gasteiger partial charge >= 0.3 is 5.97 Å². The predicted octanol–water partition coefficient (Wildman–Crippen LogP) is 2.77. The second-order valence-corrected chi connectivity index (χ2v) is 5.58. The Kier molecular flexibility index (Phi) is 4.78. The van der Waals surface area contributed by atoms with Gasteiger partial charge in [0.25, 0.3) is 0 Å². The predicted molar refractivity (Wildman–Crippen MR) is 77.4 cm³/mol. The summed E-state index contributed by atoms with van der Waals surface area (Å²) in [6.07, 6.45) is 1.89. The summed E-state index contributed by atoms with van der Waals surface area (Å²) in [4.78, 5) is 25.1. The first-order valence-corrected chi connectivity index (χ1v) is 7.13. The number of aryl methyl sites for hydroxylation is 1. The molecule has 2 rings (SSSR count). The fraction of sp³-hybridized carbons (Fsp3) is 0.467. The van der Waals surface area contributed by atoms with E-state index in [0.717, 1.165) is 18.5 Å². The highest BCUT2D eigenvalue weighted by Gasteiger charge is 2.30. The van der Waals surface area contributed by atoms with E-state index in [1.807, 2.05) is 11.8 Å². The molecule has 1 saturated heterocycles. The molecule has 5 heteroatoms. The molecule has 1 heterocycles. The first-order chi connectivity index (χ1) is 9.49. The third-order valence-corrected chi connectivity index (χ3v) is 4.18. The fourth-order valence-electron chi connectivity index (χ4n) is 2.58. The van der Waals surface area contributed by atoms with Crippen molar-refractivity contribution in [3.05, 3.63) is 34.3 Å². The number of carboxylic acid groups (broad SMARTS) is 1. The van der Waals surface area contributed by atoms with Crippen LogP contribution in [0.1, 0.15) is 35.2 Å². The standard InChI is InChI=1S/C15H18ClNO3/c1-10-9-11(4-5-12(10)16)14(18)6-8-17-7-2-3-13(17)15(19)20/h4-5,9,13H,2-3,6-8H2,1H3,(H,19,20). The molecule has 4 nitrogen and oxygen atoms in total. The molecule has 1 aromatic carbocycles. The number of carbonyl (C=O) groups is 2. The van der Waals surface area contributed by atoms with Gasteiger partial charge in [-0.25, -0.2) is 0 Å². The largest absolute Gasteiger partial charge is 0.480 e. The van der Waals surface area contributed by atoms with E-state index in [2.05, 4.69) is 0 Å². The Bertz CT molecular complexity index is 530. The Labute approximate surface area is 123 Å². The Morgan fingerprint density at radius 1 is 1.45 bits per heavy atom. The second kappa shape index (κ2) is 6.37. The summed E-state index contributed by atoms with van der Waals surface area (Å²) in [5.41, 5.74) is 1.51. The summed E-state index contributed by atoms with van der Waals surface area (Å²) in [5, 5.41) is 9.74. The number of hydrogen-bond donors (Lipinski definition) is 1. The monoisotopic (exact) mass is 295 g/mol. The molecule has 1 aliphatic heterocycles. The minimum absolute atomic E-state index is 0.0285. The van der Waals surface area contributed by atoms with Crippen molar-refractivity contribution in [1.29, 1.82) is 0 Å². The van der Waals surface area contributed by atoms with Gasteiger partial charge in [-0.15, -0.1) is 0 Å². The molecule has 0 aliphatic carbocycles. The van der Waals surface area contributed by atoms with Crippen molar-refractivity contribution < 1.29 is 14.7 Å². The topological polar surface area (TPSA) is 57.6 Å². The molecule has 1 aromatic rings. The normalized spacial score (nSPS) is 19.2. The van der Waals surface area contributed by atoms with Crippen molar-refractivity contribution >= 4 is 23.4 Å². The van der Waals surface area contributed by atoms with E-state index in [9.17, 15) is 9.59 Å². The Morgan fingerprint density at radius 3 is 2.85 bits per heavy atom. The quantitative estimate of drug-likeness (QED) is 0.849. The van der Waals surface area contributed by atoms with Crippen LogP contribution in [-0.4, -0.2) is 40.9 Å². The first-order valence-electron chi connectivity index (χ1n) is 6.75. The van der Waals surface area contributed by atoms with E-state index in [1.165, 1.54) is 0 Å². The lowest BCUT2D eigenvalue weighted by Gasteiger charge is -2.20. The van der Waals surface area contributed by atoms with Crippen LogP contribution in [0, 0.1) is 6.92 Å². The van der Waals surface area contributed by atoms with Gasteiger partial charge in [0.2, 0.25) is 0 Å². The van der Waals surface area contributed by atoms with Crippen LogP contribution in [0.3, 0.4) is 0 Å². The van der Waals surface area contributed by atoms with Crippen LogP contribution in [-0.2, 0) is 4.79 Å². The maximum Gasteiger partial charge on any atom is 0.320 e. The Morgan fingerprint density at radius 2 is 2.20 bits per heavy atom. The average molecular weight is 296 g/mol. The lowest BCUT2D eigenvalue weighted by molar-refractivity contribution is -0.142. The van der Waals surface area contributed by atoms with Gasteiger partial charge in [-0.2, -0.15) is 0 Å². The van der Waals surface area contributed by atoms with Crippen LogP contribution in [0.15, 0.2) is 18.2 Å². The molecule has 1 unspecified atom stereocenters. The summed E-state index contributed by atoms with van der Waals surface area (Å²) in [7, 11) is 0. The molecule has 1 atom stereocenters. The minimum Gasteiger partial charge on any atom is -0.480 e. The van der Waals surface area contributed by atoms with Crippen molar-refractivity contribution in [3.8, 4) is 0 Å². The zero-order valence-electron chi connectivity index (χ0n) is 11.4. The van der Waals surface area contributed by atoms with Crippen LogP contribution < -0.4 is 0 Å². The molecule has 0 bridgehead atoms. The molecule has 1 N–H and O–H groups in total. The zero-order chi connectivity index (χ0) is 14.7. The molecule has 1 aliphatic rings. The third kappa shape index (κ3) is 3.38. The number of rotatable bonds is 5. The van der Waals surface area contributed by atoms with Crippen LogP contribution in [0.2, 0.25) is 5.02 Å². The van der Waals surface area contributed by atoms with Gasteiger partial charge in [0, 0.05) is 23.6 Å². The van der Waals surface area contributed by atoms with E-state index >= 15 is 0 Å². The van der Waals surface area contributed by atoms with E-state index in [4.69, 9.17) is 16.7 Å². The molecule has 0 radical (unpaired) electrons. The lowest BCUT2D eigenvalue weighted by atomic mass is 10.1. The van der Waals surface area contributed by atoms with Crippen molar-refractivity contribution in [2.75, 3.05) is 13.1 Å². The summed E-state index contributed by atoms with van der Waals surface area (Å²) in [6.45, 7) is 3.11. The summed E-state index contributed by atoms with van der Waals surface area (Å²) < 4.78 is 0. The number of ketones is 1. The van der Waals surface area contributed by atoms with Gasteiger partial charge in [0.15, 0.2) is 5.78 Å². The maximum absolute atomic E-state index is 12.1. The lowest BCUT2D eigenvalue weighted by Crippen LogP contribution is -2.37. The van der Waals surface area contributed by atoms with Crippen molar-refractivity contribution in [2.45, 2.75) is 32.2 Å². The third-order valence-electron chi connectivity index (χ3n) is 3.75. The minimum atomic E-state index is -0.794. The van der Waals surface area contributed by atoms with Crippen molar-refractivity contribution in [1.82, 2.24) is 4.90 Å². The second-order valence-electron chi connectivity index (χ2n) is 5.17. The molecule has 108 valence electrons. The van der Waals surface area contributed by atoms with Crippen LogP contribution in [0.4, 0.5) is 0 Å². The molecular weight excluding hydrogens is 278 g/mol. The van der Waals surface area contributed by atoms with E-state index in [0.29, 0.717) is 30.0 Å². The Balaban J connectivity index is 1.95. The number of likely N-dealkylation sites (tertiary alicyclic amines) is 1. The number of aliphatic carboxylic acids is 1. The van der Waals surface area contributed by atoms with Crippen LogP contribution in [0.5, 0.6) is 0 Å². The average Bonchev–Trinajstić information content (AvgIpc) is 2.87. The van der Waals surface area contributed by atoms with Gasteiger partial charge in [0.05, 0.1) is 0 Å². The Hall–Kier alpha value is -1.39.